The van der Waals surface area contributed by atoms with Crippen LogP contribution in [0.25, 0.3) is 0 Å². The number of ether oxygens (including phenoxy) is 1. The van der Waals surface area contributed by atoms with E-state index in [9.17, 15) is 0 Å². The van der Waals surface area contributed by atoms with E-state index < -0.39 is 0 Å². The van der Waals surface area contributed by atoms with E-state index in [1.54, 1.807) is 0 Å². The Bertz CT molecular complexity index is 980. The maximum absolute atomic E-state index is 5.89. The summed E-state index contributed by atoms with van der Waals surface area (Å²) in [7, 11) is 1.81. The van der Waals surface area contributed by atoms with Crippen LogP contribution in [0.2, 0.25) is 0 Å². The average molecular weight is 324 g/mol. The Morgan fingerprint density at radius 2 is 1.24 bits per heavy atom. The molecule has 0 atom stereocenters. The van der Waals surface area contributed by atoms with Crippen LogP contribution >= 0.6 is 0 Å². The van der Waals surface area contributed by atoms with Crippen LogP contribution in [-0.4, -0.2) is 7.11 Å². The van der Waals surface area contributed by atoms with Crippen LogP contribution in [0.3, 0.4) is 0 Å². The first-order valence-electron chi connectivity index (χ1n) is 9.13. The van der Waals surface area contributed by atoms with Gasteiger partial charge in [-0.1, -0.05) is 60.7 Å². The molecule has 0 saturated carbocycles. The summed E-state index contributed by atoms with van der Waals surface area (Å²) >= 11 is 0. The van der Waals surface area contributed by atoms with Gasteiger partial charge in [0.15, 0.2) is 0 Å². The molecule has 0 radical (unpaired) electrons. The Morgan fingerprint density at radius 1 is 0.680 bits per heavy atom. The molecule has 25 heavy (non-hydrogen) atoms. The zero-order valence-electron chi connectivity index (χ0n) is 14.4. The number of fused-ring (bicyclic) bond motifs is 3. The number of rotatable bonds is 1. The van der Waals surface area contributed by atoms with Gasteiger partial charge in [0.05, 0.1) is 12.5 Å². The van der Waals surface area contributed by atoms with Crippen molar-refractivity contribution in [2.24, 2.45) is 5.41 Å². The van der Waals surface area contributed by atoms with Crippen LogP contribution < -0.4 is 4.74 Å². The number of benzene rings is 3. The molecular weight excluding hydrogens is 304 g/mol. The van der Waals surface area contributed by atoms with Gasteiger partial charge < -0.3 is 4.74 Å². The summed E-state index contributed by atoms with van der Waals surface area (Å²) in [5.74, 6) is 1.05. The number of methoxy groups -OCH3 is 1. The first kappa shape index (κ1) is 13.7. The Labute approximate surface area is 148 Å². The summed E-state index contributed by atoms with van der Waals surface area (Å²) < 4.78 is 5.89. The van der Waals surface area contributed by atoms with Crippen molar-refractivity contribution in [1.82, 2.24) is 0 Å². The molecule has 0 aromatic heterocycles. The Hall–Kier alpha value is -2.54. The molecule has 3 aliphatic carbocycles. The van der Waals surface area contributed by atoms with Crippen molar-refractivity contribution in [3.05, 3.63) is 100 Å². The van der Waals surface area contributed by atoms with Crippen LogP contribution in [0.4, 0.5) is 0 Å². The second-order valence-electron chi connectivity index (χ2n) is 7.87. The first-order valence-corrected chi connectivity index (χ1v) is 9.13. The molecule has 0 bridgehead atoms. The molecule has 122 valence electrons. The molecule has 0 fully saturated rings. The maximum Gasteiger partial charge on any atom is 0.123 e. The zero-order valence-corrected chi connectivity index (χ0v) is 14.4. The molecule has 0 saturated heterocycles. The largest absolute Gasteiger partial charge is 0.496 e. The van der Waals surface area contributed by atoms with E-state index in [0.29, 0.717) is 0 Å². The minimum atomic E-state index is -0.0396. The minimum absolute atomic E-state index is 0.0396. The van der Waals surface area contributed by atoms with Crippen molar-refractivity contribution in [1.29, 1.82) is 0 Å². The standard InChI is InChI=1S/C24H20O/c1-25-21-12-6-9-18-15-23-13-16-7-2-4-10-19(16)24(23,22(18)21)20-11-5-3-8-17(20)14-23/h2-12H,13-15H2,1H3. The summed E-state index contributed by atoms with van der Waals surface area (Å²) in [6.07, 6.45) is 3.47. The van der Waals surface area contributed by atoms with E-state index in [1.165, 1.54) is 33.4 Å². The van der Waals surface area contributed by atoms with Gasteiger partial charge in [0.25, 0.3) is 0 Å². The van der Waals surface area contributed by atoms with Crippen molar-refractivity contribution in [3.8, 4) is 5.75 Å². The van der Waals surface area contributed by atoms with Gasteiger partial charge in [0.2, 0.25) is 0 Å². The van der Waals surface area contributed by atoms with Crippen LogP contribution in [-0.2, 0) is 24.7 Å². The second kappa shape index (κ2) is 4.35. The summed E-state index contributed by atoms with van der Waals surface area (Å²) in [5.41, 5.74) is 9.14. The molecule has 0 unspecified atom stereocenters. The lowest BCUT2D eigenvalue weighted by atomic mass is 9.64. The quantitative estimate of drug-likeness (QED) is 0.631. The molecule has 1 heteroatoms. The van der Waals surface area contributed by atoms with E-state index in [1.807, 2.05) is 7.11 Å². The molecule has 3 aliphatic rings. The fourth-order valence-corrected chi connectivity index (χ4v) is 6.33. The smallest absolute Gasteiger partial charge is 0.123 e. The third-order valence-corrected chi connectivity index (χ3v) is 6.93. The Morgan fingerprint density at radius 3 is 1.88 bits per heavy atom. The predicted molar refractivity (Wildman–Crippen MR) is 99.3 cm³/mol. The number of hydrogen-bond acceptors (Lipinski definition) is 1. The van der Waals surface area contributed by atoms with Crippen LogP contribution in [0.15, 0.2) is 66.7 Å². The van der Waals surface area contributed by atoms with Gasteiger partial charge in [-0.25, -0.2) is 0 Å². The molecule has 0 spiro atoms. The van der Waals surface area contributed by atoms with Crippen LogP contribution in [0.1, 0.15) is 33.4 Å². The summed E-state index contributed by atoms with van der Waals surface area (Å²) in [4.78, 5) is 0. The van der Waals surface area contributed by atoms with E-state index in [0.717, 1.165) is 25.0 Å². The van der Waals surface area contributed by atoms with E-state index in [4.69, 9.17) is 4.74 Å². The van der Waals surface area contributed by atoms with Gasteiger partial charge >= 0.3 is 0 Å². The molecule has 6 rings (SSSR count). The summed E-state index contributed by atoms with van der Waals surface area (Å²) in [5, 5.41) is 0. The molecule has 1 nitrogen and oxygen atoms in total. The van der Waals surface area contributed by atoms with Gasteiger partial charge in [-0.05, 0) is 53.1 Å². The van der Waals surface area contributed by atoms with Crippen molar-refractivity contribution in [2.45, 2.75) is 24.7 Å². The van der Waals surface area contributed by atoms with E-state index >= 15 is 0 Å². The Balaban J connectivity index is 1.82. The normalized spacial score (nSPS) is 27.2. The highest BCUT2D eigenvalue weighted by atomic mass is 16.5. The topological polar surface area (TPSA) is 9.23 Å². The highest BCUT2D eigenvalue weighted by molar-refractivity contribution is 5.72. The van der Waals surface area contributed by atoms with Crippen molar-refractivity contribution in [3.63, 3.8) is 0 Å². The van der Waals surface area contributed by atoms with Crippen LogP contribution in [0.5, 0.6) is 5.75 Å². The van der Waals surface area contributed by atoms with Gasteiger partial charge in [-0.15, -0.1) is 0 Å². The molecular formula is C24H20O. The van der Waals surface area contributed by atoms with E-state index in [-0.39, 0.29) is 10.8 Å². The predicted octanol–water partition coefficient (Wildman–Crippen LogP) is 4.68. The zero-order chi connectivity index (χ0) is 16.6. The fraction of sp³-hybridized carbons (Fsp3) is 0.250. The second-order valence-corrected chi connectivity index (χ2v) is 7.87. The van der Waals surface area contributed by atoms with Gasteiger partial charge in [0, 0.05) is 11.0 Å². The van der Waals surface area contributed by atoms with Gasteiger partial charge in [0.1, 0.15) is 5.75 Å². The van der Waals surface area contributed by atoms with E-state index in [2.05, 4.69) is 66.7 Å². The highest BCUT2D eigenvalue weighted by Crippen LogP contribution is 2.71. The summed E-state index contributed by atoms with van der Waals surface area (Å²) in [6, 6.07) is 24.8. The highest BCUT2D eigenvalue weighted by Gasteiger charge is 2.67. The average Bonchev–Trinajstić information content (AvgIpc) is 3.17. The molecule has 0 N–H and O–H groups in total. The Kier molecular flexibility index (Phi) is 2.39. The molecule has 0 heterocycles. The maximum atomic E-state index is 5.89. The molecule has 3 aromatic carbocycles. The lowest BCUT2D eigenvalue weighted by Crippen LogP contribution is -2.38. The fourth-order valence-electron chi connectivity index (χ4n) is 6.33. The van der Waals surface area contributed by atoms with Crippen molar-refractivity contribution < 1.29 is 4.74 Å². The SMILES string of the molecule is COc1cccc2c1C13c4ccccc4CC1(Cc1ccccc13)C2. The third-order valence-electron chi connectivity index (χ3n) is 6.93. The summed E-state index contributed by atoms with van der Waals surface area (Å²) in [6.45, 7) is 0. The number of hydrogen-bond donors (Lipinski definition) is 0. The van der Waals surface area contributed by atoms with Crippen LogP contribution in [0, 0.1) is 5.41 Å². The third kappa shape index (κ3) is 1.35. The van der Waals surface area contributed by atoms with Gasteiger partial charge in [-0.2, -0.15) is 0 Å². The molecule has 0 amide bonds. The first-order chi connectivity index (χ1) is 12.3. The van der Waals surface area contributed by atoms with Gasteiger partial charge in [-0.3, -0.25) is 0 Å². The monoisotopic (exact) mass is 324 g/mol. The lowest BCUT2D eigenvalue weighted by molar-refractivity contribution is 0.253. The minimum Gasteiger partial charge on any atom is -0.496 e. The molecule has 0 aliphatic heterocycles. The van der Waals surface area contributed by atoms with Crippen molar-refractivity contribution >= 4 is 0 Å². The molecule has 3 aromatic rings. The van der Waals surface area contributed by atoms with Crippen molar-refractivity contribution in [2.75, 3.05) is 7.11 Å². The lowest BCUT2D eigenvalue weighted by Gasteiger charge is -2.37.